The van der Waals surface area contributed by atoms with Gasteiger partial charge in [0.25, 0.3) is 16.6 Å². The average molecular weight is 755 g/mol. The van der Waals surface area contributed by atoms with Crippen molar-refractivity contribution in [1.82, 2.24) is 0 Å². The van der Waals surface area contributed by atoms with Gasteiger partial charge in [-0.3, -0.25) is 0 Å². The molecule has 0 aliphatic heterocycles. The van der Waals surface area contributed by atoms with E-state index in [0.29, 0.717) is 0 Å². The van der Waals surface area contributed by atoms with Crippen LogP contribution in [0.2, 0.25) is 6.04 Å². The summed E-state index contributed by atoms with van der Waals surface area (Å²) in [5.41, 5.74) is 0. The Morgan fingerprint density at radius 1 is 0.296 bits per heavy atom. The van der Waals surface area contributed by atoms with Gasteiger partial charge in [0.1, 0.15) is 0 Å². The monoisotopic (exact) mass is 754 g/mol. The summed E-state index contributed by atoms with van der Waals surface area (Å²) in [6.45, 7) is 2.29. The molecule has 5 heteroatoms. The SMILES string of the molecule is CCCCCCC[Si](O[Si](c1ccccc1)(c1ccccc1)c1ccccc1)(O[Si](c1ccccc1)(c1ccccc1)c1ccccc1)c1ccccc1. The highest BCUT2D eigenvalue weighted by atomic mass is 28.5. The summed E-state index contributed by atoms with van der Waals surface area (Å²) >= 11 is 0. The molecule has 0 aromatic heterocycles. The molecule has 0 saturated heterocycles. The minimum atomic E-state index is -3.48. The number of hydrogen-bond donors (Lipinski definition) is 0. The normalized spacial score (nSPS) is 12.0. The van der Waals surface area contributed by atoms with Gasteiger partial charge >= 0.3 is 8.56 Å². The van der Waals surface area contributed by atoms with E-state index in [0.717, 1.165) is 18.9 Å². The third-order valence-electron chi connectivity index (χ3n) is 10.5. The first-order valence-electron chi connectivity index (χ1n) is 19.5. The Morgan fingerprint density at radius 3 is 0.796 bits per heavy atom. The summed E-state index contributed by atoms with van der Waals surface area (Å²) in [5.74, 6) is 0. The van der Waals surface area contributed by atoms with Gasteiger partial charge in [-0.05, 0) is 42.4 Å². The summed E-state index contributed by atoms with van der Waals surface area (Å²) in [5, 5.41) is 8.49. The van der Waals surface area contributed by atoms with Crippen molar-refractivity contribution in [2.45, 2.75) is 45.1 Å². The van der Waals surface area contributed by atoms with Gasteiger partial charge < -0.3 is 8.23 Å². The van der Waals surface area contributed by atoms with Gasteiger partial charge in [0.05, 0.1) is 0 Å². The van der Waals surface area contributed by atoms with Crippen LogP contribution >= 0.6 is 0 Å². The van der Waals surface area contributed by atoms with Crippen molar-refractivity contribution in [3.63, 3.8) is 0 Å². The highest BCUT2D eigenvalue weighted by Crippen LogP contribution is 2.28. The Kier molecular flexibility index (Phi) is 12.4. The lowest BCUT2D eigenvalue weighted by atomic mass is 10.2. The molecule has 0 spiro atoms. The Bertz CT molecular complexity index is 1800. The molecule has 7 aromatic rings. The maximum Gasteiger partial charge on any atom is 0.353 e. The zero-order valence-electron chi connectivity index (χ0n) is 31.3. The van der Waals surface area contributed by atoms with E-state index in [1.54, 1.807) is 0 Å². The zero-order valence-corrected chi connectivity index (χ0v) is 34.3. The Labute approximate surface area is 325 Å². The van der Waals surface area contributed by atoms with Crippen LogP contribution < -0.4 is 36.3 Å². The predicted octanol–water partition coefficient (Wildman–Crippen LogP) is 7.67. The molecule has 7 aromatic carbocycles. The molecule has 0 atom stereocenters. The van der Waals surface area contributed by atoms with E-state index < -0.39 is 25.2 Å². The van der Waals surface area contributed by atoms with Crippen LogP contribution in [0, 0.1) is 0 Å². The number of unbranched alkanes of at least 4 members (excludes halogenated alkanes) is 4. The second-order valence-electron chi connectivity index (χ2n) is 14.0. The van der Waals surface area contributed by atoms with Crippen molar-refractivity contribution in [1.29, 1.82) is 0 Å². The largest absolute Gasteiger partial charge is 0.422 e. The van der Waals surface area contributed by atoms with Crippen molar-refractivity contribution in [3.05, 3.63) is 212 Å². The van der Waals surface area contributed by atoms with Crippen molar-refractivity contribution >= 4 is 61.5 Å². The zero-order chi connectivity index (χ0) is 36.9. The Balaban J connectivity index is 1.58. The van der Waals surface area contributed by atoms with Crippen LogP contribution in [0.3, 0.4) is 0 Å². The van der Waals surface area contributed by atoms with Gasteiger partial charge in [-0.1, -0.05) is 251 Å². The Morgan fingerprint density at radius 2 is 0.537 bits per heavy atom. The molecule has 0 heterocycles. The van der Waals surface area contributed by atoms with E-state index in [4.69, 9.17) is 8.23 Å². The molecule has 0 fully saturated rings. The fourth-order valence-electron chi connectivity index (χ4n) is 7.92. The third-order valence-corrected chi connectivity index (χ3v) is 24.7. The van der Waals surface area contributed by atoms with E-state index in [1.807, 2.05) is 0 Å². The molecule has 0 bridgehead atoms. The van der Waals surface area contributed by atoms with E-state index >= 15 is 0 Å². The van der Waals surface area contributed by atoms with Crippen molar-refractivity contribution < 1.29 is 8.23 Å². The van der Waals surface area contributed by atoms with E-state index in [1.165, 1.54) is 55.6 Å². The minimum Gasteiger partial charge on any atom is -0.422 e. The predicted molar refractivity (Wildman–Crippen MR) is 236 cm³/mol. The summed E-state index contributed by atoms with van der Waals surface area (Å²) in [6.07, 6.45) is 5.79. The summed E-state index contributed by atoms with van der Waals surface area (Å²) in [7, 11) is -10.00. The first kappa shape index (κ1) is 37.4. The Hall–Kier alpha value is -4.89. The van der Waals surface area contributed by atoms with Crippen LogP contribution in [0.4, 0.5) is 0 Å². The number of benzene rings is 7. The molecule has 0 saturated carbocycles. The second-order valence-corrected chi connectivity index (χ2v) is 24.5. The van der Waals surface area contributed by atoms with Crippen molar-refractivity contribution in [2.75, 3.05) is 0 Å². The van der Waals surface area contributed by atoms with E-state index in [9.17, 15) is 0 Å². The van der Waals surface area contributed by atoms with Crippen LogP contribution in [-0.4, -0.2) is 25.2 Å². The van der Waals surface area contributed by atoms with Crippen molar-refractivity contribution in [3.8, 4) is 0 Å². The lowest BCUT2D eigenvalue weighted by Crippen LogP contribution is -2.80. The molecule has 0 amide bonds. The third kappa shape index (κ3) is 7.83. The molecular formula is C49H50O2Si3. The van der Waals surface area contributed by atoms with Crippen LogP contribution in [0.1, 0.15) is 39.0 Å². The first-order valence-corrected chi connectivity index (χ1v) is 25.3. The molecule has 0 aliphatic carbocycles. The van der Waals surface area contributed by atoms with Crippen molar-refractivity contribution in [2.24, 2.45) is 0 Å². The number of rotatable bonds is 17. The standard InChI is InChI=1S/C49H50O2Si3/c1-2-3-4-5-27-42-52(43-28-13-6-14-29-43,50-53(44-30-15-7-16-31-44,45-32-17-8-18-33-45)46-34-19-9-20-35-46)51-54(47-36-21-10-22-37-47,48-38-23-11-24-39-48)49-40-25-12-26-41-49/h6-26,28-41H,2-5,27,42H2,1H3. The quantitative estimate of drug-likeness (QED) is 0.0540. The fraction of sp³-hybridized carbons (Fsp3) is 0.143. The average Bonchev–Trinajstić information content (AvgIpc) is 3.26. The maximum absolute atomic E-state index is 8.59. The molecule has 0 N–H and O–H groups in total. The van der Waals surface area contributed by atoms with E-state index in [2.05, 4.69) is 219 Å². The summed E-state index contributed by atoms with van der Waals surface area (Å²) < 4.78 is 17.2. The van der Waals surface area contributed by atoms with Crippen LogP contribution in [0.15, 0.2) is 212 Å². The smallest absolute Gasteiger partial charge is 0.353 e. The maximum atomic E-state index is 8.59. The molecule has 0 aliphatic rings. The molecule has 270 valence electrons. The molecule has 0 unspecified atom stereocenters. The van der Waals surface area contributed by atoms with Gasteiger partial charge in [-0.15, -0.1) is 0 Å². The summed E-state index contributed by atoms with van der Waals surface area (Å²) in [6, 6.07) is 78.0. The number of hydrogen-bond acceptors (Lipinski definition) is 2. The molecule has 7 rings (SSSR count). The lowest BCUT2D eigenvalue weighted by molar-refractivity contribution is 0.404. The van der Waals surface area contributed by atoms with Gasteiger partial charge in [0.15, 0.2) is 0 Å². The van der Waals surface area contributed by atoms with Gasteiger partial charge in [0.2, 0.25) is 0 Å². The van der Waals surface area contributed by atoms with Crippen LogP contribution in [0.25, 0.3) is 0 Å². The highest BCUT2D eigenvalue weighted by molar-refractivity contribution is 7.15. The van der Waals surface area contributed by atoms with Gasteiger partial charge in [-0.2, -0.15) is 0 Å². The second kappa shape index (κ2) is 18.0. The van der Waals surface area contributed by atoms with Crippen LogP contribution in [0.5, 0.6) is 0 Å². The molecular weight excluding hydrogens is 705 g/mol. The minimum absolute atomic E-state index is 0.837. The van der Waals surface area contributed by atoms with Crippen LogP contribution in [-0.2, 0) is 8.23 Å². The van der Waals surface area contributed by atoms with Gasteiger partial charge in [0, 0.05) is 0 Å². The first-order chi connectivity index (χ1) is 26.7. The van der Waals surface area contributed by atoms with Gasteiger partial charge in [-0.25, -0.2) is 0 Å². The highest BCUT2D eigenvalue weighted by Gasteiger charge is 2.57. The van der Waals surface area contributed by atoms with E-state index in [-0.39, 0.29) is 0 Å². The molecule has 2 nitrogen and oxygen atoms in total. The topological polar surface area (TPSA) is 18.5 Å². The molecule has 54 heavy (non-hydrogen) atoms. The molecule has 0 radical (unpaired) electrons. The fourth-order valence-corrected chi connectivity index (χ4v) is 24.7. The lowest BCUT2D eigenvalue weighted by Gasteiger charge is -2.47. The summed E-state index contributed by atoms with van der Waals surface area (Å²) in [4.78, 5) is 0.